The van der Waals surface area contributed by atoms with E-state index in [0.717, 1.165) is 29.3 Å². The second kappa shape index (κ2) is 20.3. The molecule has 0 bridgehead atoms. The molecule has 0 fully saturated rings. The van der Waals surface area contributed by atoms with Crippen LogP contribution >= 0.6 is 67.1 Å². The van der Waals surface area contributed by atoms with Crippen LogP contribution in [0.4, 0.5) is 0 Å². The zero-order chi connectivity index (χ0) is 53.7. The zero-order valence-electron chi connectivity index (χ0n) is 47.8. The average Bonchev–Trinajstić information content (AvgIpc) is 4.35. The van der Waals surface area contributed by atoms with Gasteiger partial charge >= 0.3 is 0 Å². The third kappa shape index (κ3) is 9.07. The highest BCUT2D eigenvalue weighted by Gasteiger charge is 2.45. The highest BCUT2D eigenvalue weighted by atomic mass is 32.3. The largest absolute Gasteiger partial charge is 0.184 e. The van der Waals surface area contributed by atoms with Gasteiger partial charge in [-0.2, -0.15) is 18.8 Å². The van der Waals surface area contributed by atoms with E-state index in [1.807, 2.05) is 22.7 Å². The first kappa shape index (κ1) is 54.1. The number of nitrogens with zero attached hydrogens (tertiary/aromatic N) is 2. The third-order valence-electron chi connectivity index (χ3n) is 18.2. The van der Waals surface area contributed by atoms with Crippen LogP contribution in [0.3, 0.4) is 0 Å². The summed E-state index contributed by atoms with van der Waals surface area (Å²) >= 11 is 9.43. The number of aromatic nitrogens is 2. The molecule has 0 amide bonds. The monoisotopic (exact) mass is 1120 g/mol. The van der Waals surface area contributed by atoms with Gasteiger partial charge in [0.25, 0.3) is 0 Å². The van der Waals surface area contributed by atoms with Gasteiger partial charge in [-0.1, -0.05) is 183 Å². The van der Waals surface area contributed by atoms with Crippen LogP contribution < -0.4 is 0 Å². The van der Waals surface area contributed by atoms with Crippen LogP contribution in [0.15, 0.2) is 107 Å². The highest BCUT2D eigenvalue weighted by molar-refractivity contribution is 8.34. The first-order chi connectivity index (χ1) is 36.2. The molecule has 5 aromatic carbocycles. The Labute approximate surface area is 476 Å². The molecule has 0 aliphatic carbocycles. The van der Waals surface area contributed by atoms with Crippen molar-refractivity contribution in [2.75, 3.05) is 11.5 Å². The van der Waals surface area contributed by atoms with E-state index in [0.29, 0.717) is 0 Å². The van der Waals surface area contributed by atoms with E-state index in [1.54, 1.807) is 24.4 Å². The van der Waals surface area contributed by atoms with Crippen molar-refractivity contribution < 1.29 is 0 Å². The fourth-order valence-electron chi connectivity index (χ4n) is 13.1. The highest BCUT2D eigenvalue weighted by Crippen LogP contribution is 2.76. The Morgan fingerprint density at radius 2 is 1.07 bits per heavy atom. The van der Waals surface area contributed by atoms with Crippen LogP contribution in [-0.4, -0.2) is 20.3 Å². The molecule has 0 spiro atoms. The molecule has 5 aromatic heterocycles. The quantitative estimate of drug-likeness (QED) is 0.0754. The van der Waals surface area contributed by atoms with E-state index >= 15 is 0 Å². The average molecular weight is 1120 g/mol. The van der Waals surface area contributed by atoms with Crippen LogP contribution in [0.25, 0.3) is 74.0 Å². The Balaban J connectivity index is 0.877. The van der Waals surface area contributed by atoms with Gasteiger partial charge in [0, 0.05) is 66.4 Å². The van der Waals surface area contributed by atoms with Crippen molar-refractivity contribution in [2.24, 2.45) is 11.8 Å². The lowest BCUT2D eigenvalue weighted by atomic mass is 9.62. The lowest BCUT2D eigenvalue weighted by Gasteiger charge is -2.42. The number of fused-ring (bicyclic) bond motifs is 4. The molecule has 0 saturated heterocycles. The Bertz CT molecular complexity index is 3730. The number of hydrogen-bond acceptors (Lipinski definition) is 7. The van der Waals surface area contributed by atoms with Gasteiger partial charge < -0.3 is 0 Å². The molecule has 6 heterocycles. The molecule has 0 N–H and O–H groups in total. The van der Waals surface area contributed by atoms with Crippen molar-refractivity contribution >= 4 is 110 Å². The Kier molecular flexibility index (Phi) is 14.5. The van der Waals surface area contributed by atoms with Gasteiger partial charge in [0.1, 0.15) is 11.0 Å². The van der Waals surface area contributed by atoms with E-state index in [9.17, 15) is 0 Å². The molecule has 3 unspecified atom stereocenters. The number of rotatable bonds is 19. The Hall–Kier alpha value is -3.89. The van der Waals surface area contributed by atoms with Gasteiger partial charge in [-0.05, 0) is 135 Å². The van der Waals surface area contributed by atoms with Crippen molar-refractivity contribution in [1.29, 1.82) is 0 Å². The number of unbranched alkanes of at least 4 members (excludes halogenated alkanes) is 1. The summed E-state index contributed by atoms with van der Waals surface area (Å²) in [5.74, 6) is 4.32. The van der Waals surface area contributed by atoms with Crippen LogP contribution in [0, 0.1) is 18.8 Å². The molecule has 10 aromatic rings. The molecule has 398 valence electrons. The van der Waals surface area contributed by atoms with E-state index in [1.165, 1.54) is 147 Å². The number of benzene rings is 5. The van der Waals surface area contributed by atoms with Crippen molar-refractivity contribution in [2.45, 2.75) is 180 Å². The van der Waals surface area contributed by atoms with Crippen molar-refractivity contribution in [3.63, 3.8) is 0 Å². The van der Waals surface area contributed by atoms with E-state index < -0.39 is 10.0 Å². The third-order valence-corrected chi connectivity index (χ3v) is 28.7. The van der Waals surface area contributed by atoms with Gasteiger partial charge in [0.2, 0.25) is 0 Å². The van der Waals surface area contributed by atoms with Crippen LogP contribution in [0.1, 0.15) is 166 Å². The number of aryl methyl sites for hydroxylation is 1. The first-order valence-electron chi connectivity index (χ1n) is 28.4. The normalized spacial score (nSPS) is 17.1. The van der Waals surface area contributed by atoms with Crippen molar-refractivity contribution in [1.82, 2.24) is 8.75 Å². The first-order valence-corrected chi connectivity index (χ1v) is 34.4. The van der Waals surface area contributed by atoms with Crippen LogP contribution in [-0.2, 0) is 28.1 Å². The van der Waals surface area contributed by atoms with Gasteiger partial charge in [0.05, 0.1) is 21.5 Å². The summed E-state index contributed by atoms with van der Waals surface area (Å²) in [6.07, 6.45) is 10.3. The summed E-state index contributed by atoms with van der Waals surface area (Å²) in [5.41, 5.74) is 6.89. The number of hydrogen-bond donors (Lipinski definition) is 0. The molecule has 3 atom stereocenters. The molecule has 1 aliphatic heterocycles. The van der Waals surface area contributed by atoms with E-state index in [2.05, 4.69) is 217 Å². The van der Waals surface area contributed by atoms with Gasteiger partial charge in [-0.3, -0.25) is 0 Å². The van der Waals surface area contributed by atoms with Gasteiger partial charge in [-0.25, -0.2) is 0 Å². The zero-order valence-corrected chi connectivity index (χ0v) is 52.7. The summed E-state index contributed by atoms with van der Waals surface area (Å²) in [6.45, 7) is 33.8. The van der Waals surface area contributed by atoms with E-state index in [-0.39, 0.29) is 21.7 Å². The summed E-state index contributed by atoms with van der Waals surface area (Å²) in [7, 11) is -1.14. The second-order valence-corrected chi connectivity index (χ2v) is 33.7. The molecular formula is C68H80N2S6. The van der Waals surface area contributed by atoms with Crippen molar-refractivity contribution in [3.05, 3.63) is 128 Å². The van der Waals surface area contributed by atoms with Crippen LogP contribution in [0.2, 0.25) is 0 Å². The predicted octanol–water partition coefficient (Wildman–Crippen LogP) is 22.8. The molecule has 0 saturated carbocycles. The molecule has 0 radical (unpaired) electrons. The standard InChI is InChI=1S/C68H80N2S6/c1-15-19-21-43(18-4)40-76(39-42(17-3)20-16-2)55-36-41(5)71-63(55)64-56(76)37-46(72-64)38-66(9,10)57-34-32-53(73-57)49-28-29-50(62-61(49)69-75-70-62)54-33-35-58(74-54)68(13,14)67(11,12)52-31-25-45-22-26-47-51(65(6,7)8)30-24-44-23-27-48(52)60(45)59(44)47/h22-37,42-43H,15-21,38-40H2,1-14H3. The molecule has 11 rings (SSSR count). The summed E-state index contributed by atoms with van der Waals surface area (Å²) in [5, 5.41) is 8.19. The maximum Gasteiger partial charge on any atom is 0.114 e. The summed E-state index contributed by atoms with van der Waals surface area (Å²) < 4.78 is 10.1. The fourth-order valence-corrected chi connectivity index (χ4v) is 25.1. The number of thiophene rings is 4. The summed E-state index contributed by atoms with van der Waals surface area (Å²) in [6, 6.07) is 38.4. The SMILES string of the molecule is CCCCC(CC)CS1(CC(CC)CCC)c2cc(C)sc2-c2sc(CC(C)(C)c3ccc(-c4ccc(-c5ccc(C(C)(C)C(C)(C)c6ccc7ccc8c(C(C)(C)C)ccc9ccc6c7c98)s5)c5nsnc45)s3)cc21. The topological polar surface area (TPSA) is 25.8 Å². The maximum atomic E-state index is 5.03. The second-order valence-electron chi connectivity index (χ2n) is 25.3. The molecule has 8 heteroatoms. The Morgan fingerprint density at radius 1 is 0.526 bits per heavy atom. The molecule has 76 heavy (non-hydrogen) atoms. The van der Waals surface area contributed by atoms with Crippen molar-refractivity contribution in [3.8, 4) is 30.6 Å². The maximum absolute atomic E-state index is 5.03. The van der Waals surface area contributed by atoms with Gasteiger partial charge in [-0.15, -0.1) is 45.3 Å². The van der Waals surface area contributed by atoms with Gasteiger partial charge in [0.15, 0.2) is 0 Å². The van der Waals surface area contributed by atoms with E-state index in [4.69, 9.17) is 8.75 Å². The molecule has 2 nitrogen and oxygen atoms in total. The predicted molar refractivity (Wildman–Crippen MR) is 344 cm³/mol. The minimum absolute atomic E-state index is 0.0182. The molecule has 1 aliphatic rings. The van der Waals surface area contributed by atoms with Crippen LogP contribution in [0.5, 0.6) is 0 Å². The summed E-state index contributed by atoms with van der Waals surface area (Å²) in [4.78, 5) is 15.2. The minimum Gasteiger partial charge on any atom is -0.184 e. The smallest absolute Gasteiger partial charge is 0.114 e. The lowest BCUT2D eigenvalue weighted by molar-refractivity contribution is 0.311. The minimum atomic E-state index is -1.14. The molecular weight excluding hydrogens is 1040 g/mol. The Morgan fingerprint density at radius 3 is 1.66 bits per heavy atom. The fraction of sp³-hybridized carbons (Fsp3) is 0.441. The lowest BCUT2D eigenvalue weighted by Crippen LogP contribution is -2.39.